The van der Waals surface area contributed by atoms with Crippen LogP contribution >= 0.6 is 0 Å². The van der Waals surface area contributed by atoms with E-state index < -0.39 is 0 Å². The molecule has 4 rings (SSSR count). The average Bonchev–Trinajstić information content (AvgIpc) is 3.08. The molecule has 3 heterocycles. The summed E-state index contributed by atoms with van der Waals surface area (Å²) in [4.78, 5) is 22.7. The van der Waals surface area contributed by atoms with Gasteiger partial charge in [0, 0.05) is 36.6 Å². The Morgan fingerprint density at radius 2 is 1.93 bits per heavy atom. The van der Waals surface area contributed by atoms with Crippen molar-refractivity contribution in [3.63, 3.8) is 0 Å². The fourth-order valence-electron chi connectivity index (χ4n) is 4.02. The van der Waals surface area contributed by atoms with E-state index in [4.69, 9.17) is 0 Å². The van der Waals surface area contributed by atoms with Gasteiger partial charge in [-0.2, -0.15) is 0 Å². The highest BCUT2D eigenvalue weighted by atomic mass is 16.2. The molecule has 27 heavy (non-hydrogen) atoms. The number of para-hydroxylation sites is 1. The second kappa shape index (κ2) is 7.95. The summed E-state index contributed by atoms with van der Waals surface area (Å²) in [5.41, 5.74) is 4.44. The molecular formula is C23H27N3O. The van der Waals surface area contributed by atoms with Crippen LogP contribution < -0.4 is 0 Å². The summed E-state index contributed by atoms with van der Waals surface area (Å²) in [5, 5.41) is 1.23. The van der Waals surface area contributed by atoms with E-state index in [1.807, 2.05) is 30.5 Å². The maximum atomic E-state index is 12.6. The van der Waals surface area contributed by atoms with E-state index in [0.29, 0.717) is 12.3 Å². The molecule has 1 amide bonds. The van der Waals surface area contributed by atoms with Crippen LogP contribution in [0.1, 0.15) is 38.2 Å². The van der Waals surface area contributed by atoms with Crippen LogP contribution in [-0.4, -0.2) is 33.9 Å². The lowest BCUT2D eigenvalue weighted by atomic mass is 9.98. The molecule has 0 atom stereocenters. The Labute approximate surface area is 160 Å². The van der Waals surface area contributed by atoms with E-state index in [2.05, 4.69) is 40.0 Å². The Hall–Kier alpha value is -2.62. The molecule has 1 aliphatic rings. The molecule has 4 nitrogen and oxygen atoms in total. The lowest BCUT2D eigenvalue weighted by molar-refractivity contribution is -0.132. The number of pyridine rings is 1. The van der Waals surface area contributed by atoms with Crippen LogP contribution in [0.2, 0.25) is 0 Å². The number of aromatic amines is 1. The molecule has 1 aromatic carbocycles. The largest absolute Gasteiger partial charge is 0.353 e. The van der Waals surface area contributed by atoms with Gasteiger partial charge in [-0.1, -0.05) is 31.2 Å². The van der Waals surface area contributed by atoms with Crippen molar-refractivity contribution in [1.29, 1.82) is 0 Å². The molecule has 0 spiro atoms. The Morgan fingerprint density at radius 1 is 1.15 bits per heavy atom. The van der Waals surface area contributed by atoms with E-state index in [1.165, 1.54) is 10.9 Å². The van der Waals surface area contributed by atoms with Crippen LogP contribution in [0.25, 0.3) is 22.3 Å². The minimum atomic E-state index is 0.307. The van der Waals surface area contributed by atoms with Crippen LogP contribution in [0.4, 0.5) is 0 Å². The maximum Gasteiger partial charge on any atom is 0.222 e. The van der Waals surface area contributed by atoms with Crippen LogP contribution in [0.3, 0.4) is 0 Å². The summed E-state index contributed by atoms with van der Waals surface area (Å²) >= 11 is 0. The van der Waals surface area contributed by atoms with E-state index in [0.717, 1.165) is 61.6 Å². The van der Waals surface area contributed by atoms with E-state index >= 15 is 0 Å². The van der Waals surface area contributed by atoms with Crippen molar-refractivity contribution >= 4 is 16.8 Å². The van der Waals surface area contributed by atoms with Gasteiger partial charge in [0.15, 0.2) is 0 Å². The van der Waals surface area contributed by atoms with Crippen molar-refractivity contribution in [2.75, 3.05) is 13.1 Å². The highest BCUT2D eigenvalue weighted by molar-refractivity contribution is 5.90. The van der Waals surface area contributed by atoms with Gasteiger partial charge in [-0.25, -0.2) is 0 Å². The number of nitrogens with zero attached hydrogens (tertiary/aromatic N) is 2. The number of aryl methyl sites for hydroxylation is 1. The molecular weight excluding hydrogens is 334 g/mol. The number of nitrogens with one attached hydrogen (secondary N) is 1. The van der Waals surface area contributed by atoms with Crippen molar-refractivity contribution in [3.8, 4) is 11.4 Å². The number of H-pyrrole nitrogens is 1. The second-order valence-electron chi connectivity index (χ2n) is 7.66. The normalized spacial score (nSPS) is 15.4. The number of carbonyl (C=O) groups excluding carboxylic acids is 1. The van der Waals surface area contributed by atoms with Gasteiger partial charge in [0.05, 0.1) is 11.4 Å². The molecule has 140 valence electrons. The topological polar surface area (TPSA) is 49.0 Å². The van der Waals surface area contributed by atoms with E-state index in [9.17, 15) is 4.79 Å². The van der Waals surface area contributed by atoms with Crippen molar-refractivity contribution in [1.82, 2.24) is 14.9 Å². The van der Waals surface area contributed by atoms with E-state index in [-0.39, 0.29) is 0 Å². The van der Waals surface area contributed by atoms with Crippen LogP contribution in [0.15, 0.2) is 48.7 Å². The number of hydrogen-bond donors (Lipinski definition) is 1. The zero-order valence-electron chi connectivity index (χ0n) is 15.9. The van der Waals surface area contributed by atoms with Crippen molar-refractivity contribution in [2.24, 2.45) is 5.92 Å². The Kier molecular flexibility index (Phi) is 5.23. The second-order valence-corrected chi connectivity index (χ2v) is 7.66. The lowest BCUT2D eigenvalue weighted by Crippen LogP contribution is -2.37. The van der Waals surface area contributed by atoms with E-state index in [1.54, 1.807) is 0 Å². The summed E-state index contributed by atoms with van der Waals surface area (Å²) in [6.45, 7) is 4.12. The zero-order valence-corrected chi connectivity index (χ0v) is 15.9. The predicted octanol–water partition coefficient (Wildman–Crippen LogP) is 4.81. The number of fused-ring (bicyclic) bond motifs is 1. The van der Waals surface area contributed by atoms with Gasteiger partial charge >= 0.3 is 0 Å². The quantitative estimate of drug-likeness (QED) is 0.709. The van der Waals surface area contributed by atoms with Gasteiger partial charge in [-0.3, -0.25) is 9.78 Å². The molecule has 3 aromatic rings. The molecule has 0 radical (unpaired) electrons. The number of benzene rings is 1. The zero-order chi connectivity index (χ0) is 18.6. The summed E-state index contributed by atoms with van der Waals surface area (Å²) in [6.07, 6.45) is 6.47. The molecule has 1 saturated heterocycles. The molecule has 1 fully saturated rings. The highest BCUT2D eigenvalue weighted by Crippen LogP contribution is 2.30. The van der Waals surface area contributed by atoms with Crippen molar-refractivity contribution in [2.45, 2.75) is 39.0 Å². The third-order valence-electron chi connectivity index (χ3n) is 5.69. The van der Waals surface area contributed by atoms with Crippen LogP contribution in [-0.2, 0) is 11.2 Å². The molecule has 4 heteroatoms. The fourth-order valence-corrected chi connectivity index (χ4v) is 4.02. The van der Waals surface area contributed by atoms with Crippen molar-refractivity contribution < 1.29 is 4.79 Å². The van der Waals surface area contributed by atoms with Crippen LogP contribution in [0, 0.1) is 5.92 Å². The number of aromatic nitrogens is 2. The summed E-state index contributed by atoms with van der Waals surface area (Å²) in [5.74, 6) is 1.06. The van der Waals surface area contributed by atoms with Gasteiger partial charge in [-0.05, 0) is 55.4 Å². The lowest BCUT2D eigenvalue weighted by Gasteiger charge is -2.30. The number of carbonyl (C=O) groups is 1. The number of amides is 1. The molecule has 1 aliphatic heterocycles. The number of rotatable bonds is 5. The Morgan fingerprint density at radius 3 is 2.70 bits per heavy atom. The molecule has 0 saturated carbocycles. The first-order chi connectivity index (χ1) is 13.2. The third kappa shape index (κ3) is 3.90. The third-order valence-corrected chi connectivity index (χ3v) is 5.69. The predicted molar refractivity (Wildman–Crippen MR) is 109 cm³/mol. The van der Waals surface area contributed by atoms with Gasteiger partial charge in [-0.15, -0.1) is 0 Å². The molecule has 0 bridgehead atoms. The molecule has 1 N–H and O–H groups in total. The highest BCUT2D eigenvalue weighted by Gasteiger charge is 2.20. The molecule has 2 aromatic heterocycles. The van der Waals surface area contributed by atoms with Crippen molar-refractivity contribution in [3.05, 3.63) is 54.2 Å². The first-order valence-corrected chi connectivity index (χ1v) is 10.0. The first kappa shape index (κ1) is 17.8. The Bertz CT molecular complexity index is 908. The number of likely N-dealkylation sites (tertiary alicyclic amines) is 1. The van der Waals surface area contributed by atoms with Gasteiger partial charge in [0.25, 0.3) is 0 Å². The first-order valence-electron chi connectivity index (χ1n) is 10.0. The van der Waals surface area contributed by atoms with Crippen LogP contribution in [0.5, 0.6) is 0 Å². The molecule has 0 aliphatic carbocycles. The van der Waals surface area contributed by atoms with Gasteiger partial charge < -0.3 is 9.88 Å². The minimum absolute atomic E-state index is 0.307. The number of hydrogen-bond acceptors (Lipinski definition) is 2. The fraction of sp³-hybridized carbons (Fsp3) is 0.391. The summed E-state index contributed by atoms with van der Waals surface area (Å²) < 4.78 is 0. The standard InChI is InChI=1S/C23H27N3O/c1-17-12-15-26(16-13-17)22(27)11-6-8-19-18-7-2-3-9-20(18)25-23(19)21-10-4-5-14-24-21/h2-5,7,9-10,14,17,25H,6,8,11-13,15-16H2,1H3. The number of piperidine rings is 1. The van der Waals surface area contributed by atoms with Gasteiger partial charge in [0.2, 0.25) is 5.91 Å². The monoisotopic (exact) mass is 361 g/mol. The average molecular weight is 361 g/mol. The maximum absolute atomic E-state index is 12.6. The summed E-state index contributed by atoms with van der Waals surface area (Å²) in [6, 6.07) is 14.4. The minimum Gasteiger partial charge on any atom is -0.353 e. The van der Waals surface area contributed by atoms with Gasteiger partial charge in [0.1, 0.15) is 0 Å². The Balaban J connectivity index is 1.49. The molecule has 0 unspecified atom stereocenters. The SMILES string of the molecule is CC1CCN(C(=O)CCCc2c(-c3ccccn3)[nH]c3ccccc23)CC1. The summed E-state index contributed by atoms with van der Waals surface area (Å²) in [7, 11) is 0. The smallest absolute Gasteiger partial charge is 0.222 e.